The number of carboxylic acids is 1. The second-order valence-corrected chi connectivity index (χ2v) is 4.98. The van der Waals surface area contributed by atoms with Crippen molar-refractivity contribution in [1.82, 2.24) is 9.80 Å². The Bertz CT molecular complexity index is 416. The Kier molecular flexibility index (Phi) is 7.79. The van der Waals surface area contributed by atoms with Gasteiger partial charge in [-0.25, -0.2) is 0 Å². The molecule has 0 radical (unpaired) electrons. The van der Waals surface area contributed by atoms with Crippen molar-refractivity contribution >= 4 is 5.97 Å². The van der Waals surface area contributed by atoms with Gasteiger partial charge in [0.2, 0.25) is 0 Å². The molecule has 0 unspecified atom stereocenters. The van der Waals surface area contributed by atoms with Crippen LogP contribution >= 0.6 is 0 Å². The lowest BCUT2D eigenvalue weighted by atomic mass is 10.2. The number of carboxylic acid groups (broad SMARTS) is 1. The van der Waals surface area contributed by atoms with E-state index < -0.39 is 5.97 Å². The van der Waals surface area contributed by atoms with Crippen molar-refractivity contribution in [1.29, 1.82) is 0 Å². The van der Waals surface area contributed by atoms with Crippen LogP contribution in [0.1, 0.15) is 19.4 Å². The Balaban J connectivity index is 2.61. The van der Waals surface area contributed by atoms with Crippen LogP contribution in [0.25, 0.3) is 0 Å². The minimum absolute atomic E-state index is 0.0628. The molecule has 0 spiro atoms. The zero-order valence-electron chi connectivity index (χ0n) is 13.2. The third-order valence-corrected chi connectivity index (χ3v) is 3.55. The molecule has 1 N–H and O–H groups in total. The van der Waals surface area contributed by atoms with Gasteiger partial charge >= 0.3 is 5.97 Å². The number of hydrogen-bond acceptors (Lipinski definition) is 4. The molecular formula is C16H26N2O3. The van der Waals surface area contributed by atoms with Gasteiger partial charge in [0, 0.05) is 19.6 Å². The molecule has 0 amide bonds. The molecule has 1 rings (SSSR count). The summed E-state index contributed by atoms with van der Waals surface area (Å²) < 4.78 is 5.13. The molecule has 0 fully saturated rings. The minimum Gasteiger partial charge on any atom is -0.497 e. The molecule has 0 aliphatic rings. The van der Waals surface area contributed by atoms with Crippen LogP contribution in [0.3, 0.4) is 0 Å². The molecule has 0 bridgehead atoms. The largest absolute Gasteiger partial charge is 0.497 e. The maximum Gasteiger partial charge on any atom is 0.317 e. The van der Waals surface area contributed by atoms with Crippen molar-refractivity contribution in [3.05, 3.63) is 29.8 Å². The molecule has 0 aliphatic carbocycles. The van der Waals surface area contributed by atoms with Crippen molar-refractivity contribution in [3.63, 3.8) is 0 Å². The van der Waals surface area contributed by atoms with E-state index in [1.165, 1.54) is 0 Å². The van der Waals surface area contributed by atoms with Gasteiger partial charge in [0.25, 0.3) is 0 Å². The number of hydrogen-bond donors (Lipinski definition) is 1. The van der Waals surface area contributed by atoms with Gasteiger partial charge in [0.05, 0.1) is 13.7 Å². The van der Waals surface area contributed by atoms with Crippen molar-refractivity contribution in [2.45, 2.75) is 20.4 Å². The Morgan fingerprint density at radius 3 is 2.14 bits per heavy atom. The van der Waals surface area contributed by atoms with E-state index in [-0.39, 0.29) is 6.54 Å². The minimum atomic E-state index is -0.789. The first-order valence-electron chi connectivity index (χ1n) is 7.38. The van der Waals surface area contributed by atoms with E-state index in [1.807, 2.05) is 29.2 Å². The van der Waals surface area contributed by atoms with Crippen LogP contribution in [0, 0.1) is 0 Å². The van der Waals surface area contributed by atoms with Crippen LogP contribution in [0.5, 0.6) is 5.75 Å². The zero-order valence-corrected chi connectivity index (χ0v) is 13.2. The lowest BCUT2D eigenvalue weighted by Crippen LogP contribution is -2.37. The number of nitrogens with zero attached hydrogens (tertiary/aromatic N) is 2. The maximum atomic E-state index is 11.0. The summed E-state index contributed by atoms with van der Waals surface area (Å²) in [6.07, 6.45) is 0. The SMILES string of the molecule is CCN(CC)CCN(CC(=O)O)Cc1ccc(OC)cc1. The van der Waals surface area contributed by atoms with E-state index in [0.29, 0.717) is 6.54 Å². The highest BCUT2D eigenvalue weighted by Crippen LogP contribution is 2.13. The van der Waals surface area contributed by atoms with E-state index in [0.717, 1.165) is 37.5 Å². The predicted molar refractivity (Wildman–Crippen MR) is 83.7 cm³/mol. The van der Waals surface area contributed by atoms with Gasteiger partial charge in [-0.1, -0.05) is 26.0 Å². The third kappa shape index (κ3) is 6.60. The summed E-state index contributed by atoms with van der Waals surface area (Å²) in [6, 6.07) is 7.76. The summed E-state index contributed by atoms with van der Waals surface area (Å²) >= 11 is 0. The highest BCUT2D eigenvalue weighted by Gasteiger charge is 2.11. The van der Waals surface area contributed by atoms with Gasteiger partial charge in [0.15, 0.2) is 0 Å². The molecule has 118 valence electrons. The van der Waals surface area contributed by atoms with E-state index >= 15 is 0 Å². The fourth-order valence-corrected chi connectivity index (χ4v) is 2.22. The van der Waals surface area contributed by atoms with Gasteiger partial charge in [-0.05, 0) is 30.8 Å². The Morgan fingerprint density at radius 1 is 1.10 bits per heavy atom. The van der Waals surface area contributed by atoms with E-state index in [2.05, 4.69) is 18.7 Å². The van der Waals surface area contributed by atoms with Gasteiger partial charge < -0.3 is 14.7 Å². The highest BCUT2D eigenvalue weighted by atomic mass is 16.5. The van der Waals surface area contributed by atoms with E-state index in [9.17, 15) is 4.79 Å². The molecule has 0 saturated carbocycles. The molecule has 0 saturated heterocycles. The molecule has 0 aliphatic heterocycles. The van der Waals surface area contributed by atoms with Crippen LogP contribution in [-0.4, -0.2) is 60.7 Å². The number of likely N-dealkylation sites (N-methyl/N-ethyl adjacent to an activating group) is 1. The molecule has 1 aromatic carbocycles. The van der Waals surface area contributed by atoms with Gasteiger partial charge in [-0.15, -0.1) is 0 Å². The van der Waals surface area contributed by atoms with Crippen molar-refractivity contribution in [2.75, 3.05) is 39.8 Å². The Morgan fingerprint density at radius 2 is 1.67 bits per heavy atom. The second-order valence-electron chi connectivity index (χ2n) is 4.98. The highest BCUT2D eigenvalue weighted by molar-refractivity contribution is 5.69. The van der Waals surface area contributed by atoms with Crippen LogP contribution in [-0.2, 0) is 11.3 Å². The normalized spacial score (nSPS) is 11.1. The summed E-state index contributed by atoms with van der Waals surface area (Å²) in [5, 5.41) is 9.05. The van der Waals surface area contributed by atoms with Crippen LogP contribution < -0.4 is 4.74 Å². The monoisotopic (exact) mass is 294 g/mol. The molecule has 0 aromatic heterocycles. The number of carbonyl (C=O) groups is 1. The maximum absolute atomic E-state index is 11.0. The van der Waals surface area contributed by atoms with Gasteiger partial charge in [0.1, 0.15) is 5.75 Å². The summed E-state index contributed by atoms with van der Waals surface area (Å²) in [5.41, 5.74) is 1.09. The van der Waals surface area contributed by atoms with E-state index in [4.69, 9.17) is 9.84 Å². The first-order chi connectivity index (χ1) is 10.1. The Labute approximate surface area is 127 Å². The summed E-state index contributed by atoms with van der Waals surface area (Å²) in [4.78, 5) is 15.3. The van der Waals surface area contributed by atoms with Gasteiger partial charge in [-0.3, -0.25) is 9.69 Å². The van der Waals surface area contributed by atoms with Crippen molar-refractivity contribution in [3.8, 4) is 5.75 Å². The summed E-state index contributed by atoms with van der Waals surface area (Å²) in [7, 11) is 1.63. The quantitative estimate of drug-likeness (QED) is 0.714. The topological polar surface area (TPSA) is 53.0 Å². The van der Waals surface area contributed by atoms with Crippen molar-refractivity contribution < 1.29 is 14.6 Å². The van der Waals surface area contributed by atoms with Gasteiger partial charge in [-0.2, -0.15) is 0 Å². The smallest absolute Gasteiger partial charge is 0.317 e. The number of benzene rings is 1. The fourth-order valence-electron chi connectivity index (χ4n) is 2.22. The standard InChI is InChI=1S/C16H26N2O3/c1-4-17(5-2)10-11-18(13-16(19)20)12-14-6-8-15(21-3)9-7-14/h6-9H,4-5,10-13H2,1-3H3,(H,19,20). The molecule has 5 nitrogen and oxygen atoms in total. The molecule has 0 atom stereocenters. The first kappa shape index (κ1) is 17.5. The lowest BCUT2D eigenvalue weighted by molar-refractivity contribution is -0.138. The summed E-state index contributed by atoms with van der Waals surface area (Å²) in [6.45, 7) is 8.55. The second kappa shape index (κ2) is 9.37. The zero-order chi connectivity index (χ0) is 15.7. The van der Waals surface area contributed by atoms with Crippen LogP contribution in [0.4, 0.5) is 0 Å². The lowest BCUT2D eigenvalue weighted by Gasteiger charge is -2.25. The average Bonchev–Trinajstić information content (AvgIpc) is 2.48. The number of ether oxygens (including phenoxy) is 1. The number of methoxy groups -OCH3 is 1. The van der Waals surface area contributed by atoms with Crippen LogP contribution in [0.15, 0.2) is 24.3 Å². The van der Waals surface area contributed by atoms with Crippen molar-refractivity contribution in [2.24, 2.45) is 0 Å². The van der Waals surface area contributed by atoms with Crippen LogP contribution in [0.2, 0.25) is 0 Å². The molecule has 1 aromatic rings. The average molecular weight is 294 g/mol. The summed E-state index contributed by atoms with van der Waals surface area (Å²) in [5.74, 6) is 0.0229. The molecule has 0 heterocycles. The predicted octanol–water partition coefficient (Wildman–Crippen LogP) is 1.92. The fraction of sp³-hybridized carbons (Fsp3) is 0.562. The first-order valence-corrected chi connectivity index (χ1v) is 7.38. The third-order valence-electron chi connectivity index (χ3n) is 3.55. The number of rotatable bonds is 10. The molecular weight excluding hydrogens is 268 g/mol. The molecule has 5 heteroatoms. The Hall–Kier alpha value is -1.59. The molecule has 21 heavy (non-hydrogen) atoms. The van der Waals surface area contributed by atoms with E-state index in [1.54, 1.807) is 7.11 Å². The number of aliphatic carboxylic acids is 1.